The molecule has 3 aliphatic rings. The van der Waals surface area contributed by atoms with E-state index in [0.29, 0.717) is 0 Å². The van der Waals surface area contributed by atoms with E-state index in [1.807, 2.05) is 11.3 Å². The number of aromatic nitrogens is 1. The molecule has 0 amide bonds. The zero-order valence-corrected chi connectivity index (χ0v) is 32.2. The van der Waals surface area contributed by atoms with Gasteiger partial charge in [-0.2, -0.15) is 0 Å². The number of hydrogen-bond donors (Lipinski definition) is 0. The minimum Gasteiger partial charge on any atom is -0.309 e. The first-order valence-corrected chi connectivity index (χ1v) is 21.1. The van der Waals surface area contributed by atoms with E-state index in [9.17, 15) is 0 Å². The van der Waals surface area contributed by atoms with Gasteiger partial charge in [0.15, 0.2) is 0 Å². The molecule has 0 N–H and O–H groups in total. The fraction of sp³-hybridized carbons (Fsp3) is 0.0357. The van der Waals surface area contributed by atoms with E-state index in [1.165, 1.54) is 114 Å². The molecule has 0 atom stereocenters. The Morgan fingerprint density at radius 2 is 0.810 bits per heavy atom. The van der Waals surface area contributed by atoms with Crippen molar-refractivity contribution in [3.63, 3.8) is 0 Å². The summed E-state index contributed by atoms with van der Waals surface area (Å²) in [4.78, 5) is 0. The van der Waals surface area contributed by atoms with Crippen LogP contribution in [0.2, 0.25) is 0 Å². The summed E-state index contributed by atoms with van der Waals surface area (Å²) in [7, 11) is 0. The number of fused-ring (bicyclic) bond motifs is 23. The van der Waals surface area contributed by atoms with Crippen LogP contribution in [0.15, 0.2) is 200 Å². The van der Waals surface area contributed by atoms with Crippen LogP contribution in [0.5, 0.6) is 0 Å². The van der Waals surface area contributed by atoms with Gasteiger partial charge in [0.1, 0.15) is 0 Å². The Labute approximate surface area is 339 Å². The Balaban J connectivity index is 1.15. The van der Waals surface area contributed by atoms with Crippen LogP contribution < -0.4 is 0 Å². The molecule has 2 spiro atoms. The topological polar surface area (TPSA) is 4.93 Å². The van der Waals surface area contributed by atoms with Crippen molar-refractivity contribution in [2.45, 2.75) is 10.8 Å². The predicted molar refractivity (Wildman–Crippen MR) is 242 cm³/mol. The zero-order valence-electron chi connectivity index (χ0n) is 31.4. The molecule has 0 fully saturated rings. The molecule has 11 aromatic rings. The van der Waals surface area contributed by atoms with E-state index >= 15 is 0 Å². The van der Waals surface area contributed by atoms with E-state index in [-0.39, 0.29) is 0 Å². The van der Waals surface area contributed by atoms with Crippen LogP contribution in [0.1, 0.15) is 44.5 Å². The molecule has 0 saturated heterocycles. The molecule has 3 aliphatic carbocycles. The van der Waals surface area contributed by atoms with Gasteiger partial charge in [0, 0.05) is 42.2 Å². The van der Waals surface area contributed by atoms with Crippen molar-refractivity contribution in [1.82, 2.24) is 4.57 Å². The van der Waals surface area contributed by atoms with E-state index < -0.39 is 10.8 Å². The lowest BCUT2D eigenvalue weighted by Gasteiger charge is -2.48. The highest BCUT2D eigenvalue weighted by atomic mass is 32.1. The van der Waals surface area contributed by atoms with Crippen LogP contribution in [-0.2, 0) is 10.8 Å². The molecule has 0 aliphatic heterocycles. The summed E-state index contributed by atoms with van der Waals surface area (Å²) >= 11 is 1.88. The summed E-state index contributed by atoms with van der Waals surface area (Å²) in [6, 6.07) is 76.2. The van der Waals surface area contributed by atoms with Crippen LogP contribution in [0.4, 0.5) is 0 Å². The first-order chi connectivity index (χ1) is 28.8. The molecule has 1 nitrogen and oxygen atoms in total. The molecule has 58 heavy (non-hydrogen) atoms. The maximum atomic E-state index is 2.57. The van der Waals surface area contributed by atoms with Crippen LogP contribution in [-0.4, -0.2) is 4.57 Å². The van der Waals surface area contributed by atoms with Crippen LogP contribution >= 0.6 is 11.3 Å². The molecule has 2 aromatic heterocycles. The summed E-state index contributed by atoms with van der Waals surface area (Å²) in [5.74, 6) is 0. The highest BCUT2D eigenvalue weighted by molar-refractivity contribution is 7.25. The minimum atomic E-state index is -0.542. The molecular formula is C56H33NS. The first kappa shape index (κ1) is 31.1. The van der Waals surface area contributed by atoms with Gasteiger partial charge in [-0.15, -0.1) is 11.3 Å². The lowest BCUT2D eigenvalue weighted by atomic mass is 9.52. The second kappa shape index (κ2) is 10.9. The molecule has 2 heteroatoms. The third-order valence-electron chi connectivity index (χ3n) is 13.9. The van der Waals surface area contributed by atoms with Crippen molar-refractivity contribution in [2.75, 3.05) is 0 Å². The van der Waals surface area contributed by atoms with Crippen LogP contribution in [0.3, 0.4) is 0 Å². The van der Waals surface area contributed by atoms with Gasteiger partial charge >= 0.3 is 0 Å². The number of benzene rings is 9. The van der Waals surface area contributed by atoms with Crippen molar-refractivity contribution < 1.29 is 0 Å². The Bertz CT molecular complexity index is 3500. The average Bonchev–Trinajstić information content (AvgIpc) is 4.00. The quantitative estimate of drug-likeness (QED) is 0.157. The van der Waals surface area contributed by atoms with Gasteiger partial charge in [-0.1, -0.05) is 170 Å². The Morgan fingerprint density at radius 1 is 0.328 bits per heavy atom. The van der Waals surface area contributed by atoms with Crippen molar-refractivity contribution >= 4 is 53.3 Å². The largest absolute Gasteiger partial charge is 0.309 e. The van der Waals surface area contributed by atoms with Crippen molar-refractivity contribution in [1.29, 1.82) is 0 Å². The number of nitrogens with zero attached hydrogens (tertiary/aromatic N) is 1. The normalized spacial score (nSPS) is 14.8. The number of hydrogen-bond acceptors (Lipinski definition) is 1. The van der Waals surface area contributed by atoms with E-state index in [2.05, 4.69) is 205 Å². The molecule has 14 rings (SSSR count). The lowest BCUT2D eigenvalue weighted by molar-refractivity contribution is 0.633. The van der Waals surface area contributed by atoms with Crippen molar-refractivity contribution in [3.8, 4) is 27.9 Å². The highest BCUT2D eigenvalue weighted by Crippen LogP contribution is 2.68. The van der Waals surface area contributed by atoms with Gasteiger partial charge in [0.05, 0.1) is 21.9 Å². The summed E-state index contributed by atoms with van der Waals surface area (Å²) in [6.45, 7) is 0. The maximum Gasteiger partial charge on any atom is 0.0720 e. The van der Waals surface area contributed by atoms with Gasteiger partial charge in [0.2, 0.25) is 0 Å². The molecule has 0 bridgehead atoms. The number of thiophene rings is 1. The molecule has 268 valence electrons. The van der Waals surface area contributed by atoms with Crippen LogP contribution in [0.25, 0.3) is 69.9 Å². The maximum absolute atomic E-state index is 2.57. The highest BCUT2D eigenvalue weighted by Gasteiger charge is 2.59. The Morgan fingerprint density at radius 3 is 1.47 bits per heavy atom. The first-order valence-electron chi connectivity index (χ1n) is 20.3. The summed E-state index contributed by atoms with van der Waals surface area (Å²) in [6.07, 6.45) is 0. The average molecular weight is 752 g/mol. The number of para-hydroxylation sites is 1. The fourth-order valence-corrected chi connectivity index (χ4v) is 13.0. The predicted octanol–water partition coefficient (Wildman–Crippen LogP) is 14.2. The van der Waals surface area contributed by atoms with Gasteiger partial charge in [-0.3, -0.25) is 0 Å². The molecular weight excluding hydrogens is 719 g/mol. The molecule has 2 heterocycles. The molecule has 0 saturated carbocycles. The van der Waals surface area contributed by atoms with Crippen molar-refractivity contribution in [3.05, 3.63) is 245 Å². The number of rotatable bonds is 1. The van der Waals surface area contributed by atoms with E-state index in [4.69, 9.17) is 0 Å². The fourth-order valence-electron chi connectivity index (χ4n) is 11.9. The summed E-state index contributed by atoms with van der Waals surface area (Å²) in [5.41, 5.74) is 18.9. The SMILES string of the molecule is c1ccc2c(c1)-c1ccccc1C21c2ccccc2C2(c3ccccc3-c3c2ccc2c4ccccc4n(-c4ccc5sc6ccccc6c5c4)c32)c2ccccc21. The Hall–Kier alpha value is -7.00. The van der Waals surface area contributed by atoms with Gasteiger partial charge < -0.3 is 4.57 Å². The molecule has 0 radical (unpaired) electrons. The van der Waals surface area contributed by atoms with E-state index in [1.54, 1.807) is 0 Å². The lowest BCUT2D eigenvalue weighted by Crippen LogP contribution is -2.43. The smallest absolute Gasteiger partial charge is 0.0720 e. The van der Waals surface area contributed by atoms with Crippen molar-refractivity contribution in [2.24, 2.45) is 0 Å². The monoisotopic (exact) mass is 751 g/mol. The summed E-state index contributed by atoms with van der Waals surface area (Å²) < 4.78 is 5.21. The Kier molecular flexibility index (Phi) is 5.84. The summed E-state index contributed by atoms with van der Waals surface area (Å²) in [5, 5.41) is 5.19. The van der Waals surface area contributed by atoms with Gasteiger partial charge in [0.25, 0.3) is 0 Å². The minimum absolute atomic E-state index is 0.457. The standard InChI is InChI=1S/C56H33NS/c1-6-20-42-35(15-1)36-16-2-7-21-43(36)55(42)45-23-9-11-25-47(45)56(48-26-12-10-24-46(48)55)44-22-8-3-19-40(44)53-49(56)31-30-39-37-17-4-13-27-50(37)57(54(39)53)34-29-32-52-41(33-34)38-18-5-14-28-51(38)58-52/h1-33H. The van der Waals surface area contributed by atoms with E-state index in [0.717, 1.165) is 0 Å². The second-order valence-corrected chi connectivity index (χ2v) is 17.3. The van der Waals surface area contributed by atoms with Crippen LogP contribution in [0, 0.1) is 0 Å². The third kappa shape index (κ3) is 3.48. The second-order valence-electron chi connectivity index (χ2n) is 16.2. The molecule has 0 unspecified atom stereocenters. The van der Waals surface area contributed by atoms with Gasteiger partial charge in [-0.05, 0) is 91.5 Å². The molecule has 9 aromatic carbocycles. The van der Waals surface area contributed by atoms with Gasteiger partial charge in [-0.25, -0.2) is 0 Å². The zero-order chi connectivity index (χ0) is 37.7. The third-order valence-corrected chi connectivity index (χ3v) is 15.0.